The van der Waals surface area contributed by atoms with Gasteiger partial charge in [0.2, 0.25) is 0 Å². The van der Waals surface area contributed by atoms with Crippen LogP contribution in [0.5, 0.6) is 5.75 Å². The summed E-state index contributed by atoms with van der Waals surface area (Å²) < 4.78 is 6.05. The van der Waals surface area contributed by atoms with Gasteiger partial charge < -0.3 is 9.64 Å². The summed E-state index contributed by atoms with van der Waals surface area (Å²) in [4.78, 5) is 14.9. The van der Waals surface area contributed by atoms with Crippen LogP contribution in [0.1, 0.15) is 44.7 Å². The van der Waals surface area contributed by atoms with E-state index in [9.17, 15) is 4.79 Å². The molecule has 3 rings (SSSR count). The second-order valence-corrected chi connectivity index (χ2v) is 6.84. The van der Waals surface area contributed by atoms with Gasteiger partial charge in [0.25, 0.3) is 5.91 Å². The summed E-state index contributed by atoms with van der Waals surface area (Å²) in [5.41, 5.74) is 3.38. The molecule has 24 heavy (non-hydrogen) atoms. The second kappa shape index (κ2) is 6.68. The van der Waals surface area contributed by atoms with Gasteiger partial charge in [0.15, 0.2) is 6.10 Å². The van der Waals surface area contributed by atoms with E-state index < -0.39 is 6.10 Å². The molecule has 0 spiro atoms. The Kier molecular flexibility index (Phi) is 4.61. The smallest absolute Gasteiger partial charge is 0.268 e. The fraction of sp³-hybridized carbons (Fsp3) is 0.381. The van der Waals surface area contributed by atoms with E-state index in [0.717, 1.165) is 23.4 Å². The molecule has 126 valence electrons. The first-order valence-electron chi connectivity index (χ1n) is 8.65. The third kappa shape index (κ3) is 3.03. The molecule has 0 radical (unpaired) electrons. The molecule has 0 N–H and O–H groups in total. The van der Waals surface area contributed by atoms with Gasteiger partial charge in [-0.3, -0.25) is 4.79 Å². The molecular formula is C21H25NO2. The first-order valence-corrected chi connectivity index (χ1v) is 8.65. The van der Waals surface area contributed by atoms with Crippen molar-refractivity contribution in [2.24, 2.45) is 0 Å². The van der Waals surface area contributed by atoms with Crippen LogP contribution in [0.15, 0.2) is 48.5 Å². The first kappa shape index (κ1) is 16.6. The van der Waals surface area contributed by atoms with Crippen LogP contribution in [-0.4, -0.2) is 18.1 Å². The van der Waals surface area contributed by atoms with Crippen molar-refractivity contribution >= 4 is 11.6 Å². The molecular weight excluding hydrogens is 298 g/mol. The zero-order chi connectivity index (χ0) is 17.3. The maximum Gasteiger partial charge on any atom is 0.268 e. The predicted octanol–water partition coefficient (Wildman–Crippen LogP) is 4.56. The minimum Gasteiger partial charge on any atom is -0.481 e. The number of nitrogens with zero attached hydrogens (tertiary/aromatic N) is 1. The van der Waals surface area contributed by atoms with Crippen LogP contribution in [0, 0.1) is 0 Å². The van der Waals surface area contributed by atoms with E-state index in [2.05, 4.69) is 32.9 Å². The third-order valence-corrected chi connectivity index (χ3v) is 4.64. The highest BCUT2D eigenvalue weighted by Gasteiger charge is 2.34. The van der Waals surface area contributed by atoms with Gasteiger partial charge in [-0.05, 0) is 49.4 Å². The molecule has 0 unspecified atom stereocenters. The van der Waals surface area contributed by atoms with Crippen molar-refractivity contribution < 1.29 is 9.53 Å². The van der Waals surface area contributed by atoms with Crippen molar-refractivity contribution in [2.45, 2.75) is 52.2 Å². The summed E-state index contributed by atoms with van der Waals surface area (Å²) in [7, 11) is 0. The average molecular weight is 323 g/mol. The molecule has 0 aromatic heterocycles. The van der Waals surface area contributed by atoms with E-state index in [1.807, 2.05) is 48.2 Å². The molecule has 0 saturated heterocycles. The zero-order valence-corrected chi connectivity index (χ0v) is 14.8. The fourth-order valence-corrected chi connectivity index (χ4v) is 3.40. The molecule has 0 aliphatic carbocycles. The molecule has 2 atom stereocenters. The molecule has 0 bridgehead atoms. The molecule has 2 aromatic rings. The van der Waals surface area contributed by atoms with E-state index in [0.29, 0.717) is 5.92 Å². The largest absolute Gasteiger partial charge is 0.481 e. The second-order valence-electron chi connectivity index (χ2n) is 6.84. The number of amides is 1. The SMILES string of the molecule is CC(C)c1ccccc1O[C@@H](C)C(=O)N1c2ccccc2C[C@@H]1C. The van der Waals surface area contributed by atoms with E-state index >= 15 is 0 Å². The maximum atomic E-state index is 13.0. The van der Waals surface area contributed by atoms with Gasteiger partial charge in [-0.25, -0.2) is 0 Å². The van der Waals surface area contributed by atoms with Gasteiger partial charge in [0.05, 0.1) is 0 Å². The lowest BCUT2D eigenvalue weighted by molar-refractivity contribution is -0.124. The Morgan fingerprint density at radius 2 is 1.75 bits per heavy atom. The summed E-state index contributed by atoms with van der Waals surface area (Å²) in [5.74, 6) is 1.18. The van der Waals surface area contributed by atoms with Gasteiger partial charge in [-0.15, -0.1) is 0 Å². The number of benzene rings is 2. The third-order valence-electron chi connectivity index (χ3n) is 4.64. The summed E-state index contributed by atoms with van der Waals surface area (Å²) >= 11 is 0. The van der Waals surface area contributed by atoms with Crippen LogP contribution < -0.4 is 9.64 Å². The van der Waals surface area contributed by atoms with Crippen molar-refractivity contribution in [3.8, 4) is 5.75 Å². The molecule has 3 heteroatoms. The van der Waals surface area contributed by atoms with Crippen LogP contribution in [0.25, 0.3) is 0 Å². The summed E-state index contributed by atoms with van der Waals surface area (Å²) in [6, 6.07) is 16.3. The van der Waals surface area contributed by atoms with Crippen molar-refractivity contribution in [2.75, 3.05) is 4.90 Å². The number of hydrogen-bond donors (Lipinski definition) is 0. The quantitative estimate of drug-likeness (QED) is 0.826. The van der Waals surface area contributed by atoms with Gasteiger partial charge in [0, 0.05) is 11.7 Å². The summed E-state index contributed by atoms with van der Waals surface area (Å²) in [6.45, 7) is 8.20. The Labute approximate surface area is 144 Å². The lowest BCUT2D eigenvalue weighted by Crippen LogP contribution is -2.43. The standard InChI is InChI=1S/C21H25NO2/c1-14(2)18-10-6-8-12-20(18)24-16(4)21(23)22-15(3)13-17-9-5-7-11-19(17)22/h5-12,14-16H,13H2,1-4H3/t15-,16-/m0/s1. The first-order chi connectivity index (χ1) is 11.5. The van der Waals surface area contributed by atoms with Crippen molar-refractivity contribution in [1.29, 1.82) is 0 Å². The summed E-state index contributed by atoms with van der Waals surface area (Å²) in [6.07, 6.45) is 0.385. The number of carbonyl (C=O) groups excluding carboxylic acids is 1. The van der Waals surface area contributed by atoms with E-state index in [1.165, 1.54) is 5.56 Å². The number of para-hydroxylation sites is 2. The normalized spacial score (nSPS) is 17.7. The highest BCUT2D eigenvalue weighted by atomic mass is 16.5. The van der Waals surface area contributed by atoms with Crippen LogP contribution in [0.2, 0.25) is 0 Å². The van der Waals surface area contributed by atoms with Crippen molar-refractivity contribution in [1.82, 2.24) is 0 Å². The number of anilines is 1. The minimum atomic E-state index is -0.515. The molecule has 2 aromatic carbocycles. The van der Waals surface area contributed by atoms with Crippen molar-refractivity contribution in [3.05, 3.63) is 59.7 Å². The molecule has 1 aliphatic heterocycles. The van der Waals surface area contributed by atoms with E-state index in [1.54, 1.807) is 0 Å². The number of hydrogen-bond acceptors (Lipinski definition) is 2. The Balaban J connectivity index is 1.81. The van der Waals surface area contributed by atoms with Crippen LogP contribution in [-0.2, 0) is 11.2 Å². The van der Waals surface area contributed by atoms with Crippen molar-refractivity contribution in [3.63, 3.8) is 0 Å². The molecule has 0 fully saturated rings. The number of fused-ring (bicyclic) bond motifs is 1. The average Bonchev–Trinajstić information content (AvgIpc) is 2.90. The number of rotatable bonds is 4. The predicted molar refractivity (Wildman–Crippen MR) is 97.7 cm³/mol. The Morgan fingerprint density at radius 3 is 2.50 bits per heavy atom. The lowest BCUT2D eigenvalue weighted by Gasteiger charge is -2.27. The highest BCUT2D eigenvalue weighted by molar-refractivity contribution is 5.99. The number of carbonyl (C=O) groups is 1. The lowest BCUT2D eigenvalue weighted by atomic mass is 10.0. The van der Waals surface area contributed by atoms with Gasteiger partial charge >= 0.3 is 0 Å². The van der Waals surface area contributed by atoms with Gasteiger partial charge in [-0.2, -0.15) is 0 Å². The topological polar surface area (TPSA) is 29.5 Å². The van der Waals surface area contributed by atoms with Crippen LogP contribution in [0.3, 0.4) is 0 Å². The summed E-state index contributed by atoms with van der Waals surface area (Å²) in [5, 5.41) is 0. The fourth-order valence-electron chi connectivity index (χ4n) is 3.40. The van der Waals surface area contributed by atoms with E-state index in [4.69, 9.17) is 4.74 Å². The molecule has 1 heterocycles. The molecule has 1 aliphatic rings. The van der Waals surface area contributed by atoms with Gasteiger partial charge in [-0.1, -0.05) is 50.2 Å². The van der Waals surface area contributed by atoms with Crippen LogP contribution in [0.4, 0.5) is 5.69 Å². The minimum absolute atomic E-state index is 0.0195. The maximum absolute atomic E-state index is 13.0. The van der Waals surface area contributed by atoms with Crippen LogP contribution >= 0.6 is 0 Å². The van der Waals surface area contributed by atoms with E-state index in [-0.39, 0.29) is 11.9 Å². The van der Waals surface area contributed by atoms with Gasteiger partial charge in [0.1, 0.15) is 5.75 Å². The highest BCUT2D eigenvalue weighted by Crippen LogP contribution is 2.33. The number of ether oxygens (including phenoxy) is 1. The Hall–Kier alpha value is -2.29. The molecule has 1 amide bonds. The Morgan fingerprint density at radius 1 is 1.08 bits per heavy atom. The monoisotopic (exact) mass is 323 g/mol. The zero-order valence-electron chi connectivity index (χ0n) is 14.8. The Bertz CT molecular complexity index is 738. The molecule has 3 nitrogen and oxygen atoms in total. The molecule has 0 saturated carbocycles.